The number of pyridine rings is 1. The molecule has 1 aromatic rings. The molecule has 0 aromatic carbocycles. The molecule has 1 aromatic heterocycles. The molecule has 142 valence electrons. The minimum Gasteiger partial charge on any atom is -0.481 e. The Bertz CT molecular complexity index is 686. The van der Waals surface area contributed by atoms with E-state index >= 15 is 0 Å². The van der Waals surface area contributed by atoms with E-state index in [0.29, 0.717) is 35.8 Å². The van der Waals surface area contributed by atoms with Gasteiger partial charge in [0, 0.05) is 18.7 Å². The van der Waals surface area contributed by atoms with Crippen molar-refractivity contribution >= 4 is 11.8 Å². The van der Waals surface area contributed by atoms with Crippen molar-refractivity contribution in [1.82, 2.24) is 15.2 Å². The SMILES string of the molecule is CCN1Cc2nc(OC)c(CNC(=O)[C@H](O)C3CCCCC3)cc2C1=O. The summed E-state index contributed by atoms with van der Waals surface area (Å²) in [5.74, 6) is 0.0128. The number of ether oxygens (including phenoxy) is 1. The Morgan fingerprint density at radius 1 is 1.42 bits per heavy atom. The number of hydrogen-bond donors (Lipinski definition) is 2. The van der Waals surface area contributed by atoms with E-state index in [1.165, 1.54) is 13.5 Å². The van der Waals surface area contributed by atoms with Gasteiger partial charge in [-0.05, 0) is 31.7 Å². The van der Waals surface area contributed by atoms with Gasteiger partial charge in [0.2, 0.25) is 11.8 Å². The number of methoxy groups -OCH3 is 1. The summed E-state index contributed by atoms with van der Waals surface area (Å²) >= 11 is 0. The maximum absolute atomic E-state index is 12.4. The quantitative estimate of drug-likeness (QED) is 0.803. The average molecular weight is 361 g/mol. The lowest BCUT2D eigenvalue weighted by Crippen LogP contribution is -2.39. The molecule has 2 N–H and O–H groups in total. The highest BCUT2D eigenvalue weighted by Crippen LogP contribution is 2.28. The van der Waals surface area contributed by atoms with Crippen molar-refractivity contribution in [3.05, 3.63) is 22.9 Å². The predicted octanol–water partition coefficient (Wildman–Crippen LogP) is 1.62. The van der Waals surface area contributed by atoms with Crippen LogP contribution in [0.15, 0.2) is 6.07 Å². The molecule has 1 aliphatic carbocycles. The highest BCUT2D eigenvalue weighted by molar-refractivity contribution is 5.98. The van der Waals surface area contributed by atoms with E-state index in [0.717, 1.165) is 25.7 Å². The van der Waals surface area contributed by atoms with Crippen molar-refractivity contribution in [1.29, 1.82) is 0 Å². The van der Waals surface area contributed by atoms with Crippen molar-refractivity contribution in [3.8, 4) is 5.88 Å². The van der Waals surface area contributed by atoms with E-state index in [2.05, 4.69) is 10.3 Å². The molecular weight excluding hydrogens is 334 g/mol. The molecule has 1 atom stereocenters. The van der Waals surface area contributed by atoms with Crippen molar-refractivity contribution < 1.29 is 19.4 Å². The molecule has 7 nitrogen and oxygen atoms in total. The van der Waals surface area contributed by atoms with Gasteiger partial charge in [-0.15, -0.1) is 0 Å². The molecule has 0 saturated heterocycles. The van der Waals surface area contributed by atoms with Gasteiger partial charge in [0.05, 0.1) is 24.9 Å². The topological polar surface area (TPSA) is 91.8 Å². The monoisotopic (exact) mass is 361 g/mol. The van der Waals surface area contributed by atoms with Crippen LogP contribution in [0.2, 0.25) is 0 Å². The maximum Gasteiger partial charge on any atom is 0.256 e. The van der Waals surface area contributed by atoms with Gasteiger partial charge in [0.15, 0.2) is 0 Å². The van der Waals surface area contributed by atoms with Gasteiger partial charge in [0.1, 0.15) is 6.10 Å². The van der Waals surface area contributed by atoms with E-state index in [1.807, 2.05) is 6.92 Å². The fraction of sp³-hybridized carbons (Fsp3) is 0.632. The van der Waals surface area contributed by atoms with Crippen molar-refractivity contribution in [2.24, 2.45) is 5.92 Å². The van der Waals surface area contributed by atoms with Gasteiger partial charge in [-0.2, -0.15) is 0 Å². The Morgan fingerprint density at radius 2 is 2.15 bits per heavy atom. The summed E-state index contributed by atoms with van der Waals surface area (Å²) in [5, 5.41) is 13.1. The fourth-order valence-corrected chi connectivity index (χ4v) is 3.81. The molecule has 26 heavy (non-hydrogen) atoms. The lowest BCUT2D eigenvalue weighted by atomic mass is 9.85. The van der Waals surface area contributed by atoms with Crippen LogP contribution in [0.3, 0.4) is 0 Å². The highest BCUT2D eigenvalue weighted by atomic mass is 16.5. The highest BCUT2D eigenvalue weighted by Gasteiger charge is 2.30. The smallest absolute Gasteiger partial charge is 0.256 e. The number of hydrogen-bond acceptors (Lipinski definition) is 5. The molecule has 2 heterocycles. The Kier molecular flexibility index (Phi) is 5.76. The number of nitrogens with zero attached hydrogens (tertiary/aromatic N) is 2. The van der Waals surface area contributed by atoms with Crippen molar-refractivity contribution in [3.63, 3.8) is 0 Å². The van der Waals surface area contributed by atoms with Gasteiger partial charge < -0.3 is 20.1 Å². The third kappa shape index (κ3) is 3.67. The van der Waals surface area contributed by atoms with Gasteiger partial charge in [-0.3, -0.25) is 9.59 Å². The normalized spacial score (nSPS) is 18.6. The van der Waals surface area contributed by atoms with Gasteiger partial charge >= 0.3 is 0 Å². The number of amides is 2. The minimum atomic E-state index is -0.985. The molecule has 2 aliphatic rings. The van der Waals surface area contributed by atoms with E-state index < -0.39 is 6.10 Å². The zero-order chi connectivity index (χ0) is 18.7. The van der Waals surface area contributed by atoms with Crippen molar-refractivity contribution in [2.45, 2.75) is 58.2 Å². The zero-order valence-corrected chi connectivity index (χ0v) is 15.5. The first-order valence-electron chi connectivity index (χ1n) is 9.37. The second kappa shape index (κ2) is 8.03. The van der Waals surface area contributed by atoms with Crippen LogP contribution in [0.1, 0.15) is 60.6 Å². The third-order valence-corrected chi connectivity index (χ3v) is 5.39. The van der Waals surface area contributed by atoms with E-state index in [1.54, 1.807) is 11.0 Å². The van der Waals surface area contributed by atoms with Crippen LogP contribution in [0.25, 0.3) is 0 Å². The molecule has 0 radical (unpaired) electrons. The summed E-state index contributed by atoms with van der Waals surface area (Å²) < 4.78 is 5.33. The molecule has 7 heteroatoms. The maximum atomic E-state index is 12.4. The first-order chi connectivity index (χ1) is 12.5. The number of aliphatic hydroxyl groups is 1. The number of aliphatic hydroxyl groups excluding tert-OH is 1. The Labute approximate surface area is 153 Å². The van der Waals surface area contributed by atoms with E-state index in [9.17, 15) is 14.7 Å². The summed E-state index contributed by atoms with van der Waals surface area (Å²) in [6.45, 7) is 3.20. The van der Waals surface area contributed by atoms with Crippen LogP contribution < -0.4 is 10.1 Å². The Balaban J connectivity index is 1.69. The predicted molar refractivity (Wildman–Crippen MR) is 95.6 cm³/mol. The summed E-state index contributed by atoms with van der Waals surface area (Å²) in [6.07, 6.45) is 4.09. The number of fused-ring (bicyclic) bond motifs is 1. The third-order valence-electron chi connectivity index (χ3n) is 5.39. The van der Waals surface area contributed by atoms with Crippen molar-refractivity contribution in [2.75, 3.05) is 13.7 Å². The first kappa shape index (κ1) is 18.6. The van der Waals surface area contributed by atoms with Gasteiger partial charge in [0.25, 0.3) is 5.91 Å². The zero-order valence-electron chi connectivity index (χ0n) is 15.5. The lowest BCUT2D eigenvalue weighted by Gasteiger charge is -2.25. The minimum absolute atomic E-state index is 0.0310. The van der Waals surface area contributed by atoms with E-state index in [-0.39, 0.29) is 24.3 Å². The average Bonchev–Trinajstić information content (AvgIpc) is 3.00. The molecular formula is C19H27N3O4. The summed E-state index contributed by atoms with van der Waals surface area (Å²) in [6, 6.07) is 1.74. The molecule has 2 amide bonds. The van der Waals surface area contributed by atoms with Crippen LogP contribution >= 0.6 is 0 Å². The van der Waals surface area contributed by atoms with Gasteiger partial charge in [-0.25, -0.2) is 4.98 Å². The Hall–Kier alpha value is -2.15. The van der Waals surface area contributed by atoms with Crippen LogP contribution in [0.4, 0.5) is 0 Å². The number of aromatic nitrogens is 1. The number of carbonyl (C=O) groups excluding carboxylic acids is 2. The molecule has 0 unspecified atom stereocenters. The number of nitrogens with one attached hydrogen (secondary N) is 1. The molecule has 1 fully saturated rings. The molecule has 1 saturated carbocycles. The molecule has 1 aliphatic heterocycles. The lowest BCUT2D eigenvalue weighted by molar-refractivity contribution is -0.132. The van der Waals surface area contributed by atoms with E-state index in [4.69, 9.17) is 4.74 Å². The second-order valence-corrected chi connectivity index (χ2v) is 7.03. The van der Waals surface area contributed by atoms with Gasteiger partial charge in [-0.1, -0.05) is 19.3 Å². The van der Waals surface area contributed by atoms with Crippen LogP contribution in [0.5, 0.6) is 5.88 Å². The summed E-state index contributed by atoms with van der Waals surface area (Å²) in [4.78, 5) is 30.8. The Morgan fingerprint density at radius 3 is 2.81 bits per heavy atom. The number of carbonyl (C=O) groups is 2. The molecule has 0 spiro atoms. The number of rotatable bonds is 6. The molecule has 0 bridgehead atoms. The fourth-order valence-electron chi connectivity index (χ4n) is 3.81. The molecule has 3 rings (SSSR count). The van der Waals surface area contributed by atoms with Crippen LogP contribution in [-0.4, -0.2) is 46.6 Å². The summed E-state index contributed by atoms with van der Waals surface area (Å²) in [7, 11) is 1.52. The largest absolute Gasteiger partial charge is 0.481 e. The summed E-state index contributed by atoms with van der Waals surface area (Å²) in [5.41, 5.74) is 1.90. The first-order valence-corrected chi connectivity index (χ1v) is 9.37. The van der Waals surface area contributed by atoms with Crippen LogP contribution in [0, 0.1) is 5.92 Å². The standard InChI is InChI=1S/C19H27N3O4/c1-3-22-11-15-14(19(22)25)9-13(18(21-15)26-2)10-20-17(24)16(23)12-7-5-4-6-8-12/h9,12,16,23H,3-8,10-11H2,1-2H3,(H,20,24)/t16-/m1/s1. The van der Waals surface area contributed by atoms with Crippen LogP contribution in [-0.2, 0) is 17.9 Å². The second-order valence-electron chi connectivity index (χ2n) is 7.03.